The zero-order valence-electron chi connectivity index (χ0n) is 9.60. The van der Waals surface area contributed by atoms with E-state index in [-0.39, 0.29) is 17.5 Å². The van der Waals surface area contributed by atoms with Crippen LogP contribution in [0.2, 0.25) is 0 Å². The molecular formula is C12H8BrFN2O2S. The number of thioether (sulfide) groups is 1. The number of benzene rings is 1. The molecule has 0 spiro atoms. The van der Waals surface area contributed by atoms with Crippen LogP contribution >= 0.6 is 27.7 Å². The first kappa shape index (κ1) is 12.8. The smallest absolute Gasteiger partial charge is 0.238 e. The highest BCUT2D eigenvalue weighted by Gasteiger charge is 2.31. The molecule has 98 valence electrons. The Labute approximate surface area is 120 Å². The van der Waals surface area contributed by atoms with E-state index < -0.39 is 0 Å². The molecule has 1 aliphatic rings. The summed E-state index contributed by atoms with van der Waals surface area (Å²) in [5.74, 6) is 1.12. The van der Waals surface area contributed by atoms with E-state index in [9.17, 15) is 9.18 Å². The van der Waals surface area contributed by atoms with Gasteiger partial charge in [0.1, 0.15) is 11.7 Å². The third-order valence-electron chi connectivity index (χ3n) is 2.78. The highest BCUT2D eigenvalue weighted by Crippen LogP contribution is 2.30. The summed E-state index contributed by atoms with van der Waals surface area (Å²) in [5, 5.41) is 3.81. The highest BCUT2D eigenvalue weighted by atomic mass is 79.9. The van der Waals surface area contributed by atoms with Gasteiger partial charge in [0, 0.05) is 15.8 Å². The van der Waals surface area contributed by atoms with Crippen LogP contribution in [0.25, 0.3) is 11.4 Å². The van der Waals surface area contributed by atoms with Crippen LogP contribution < -0.4 is 0 Å². The molecule has 2 aromatic rings. The maximum atomic E-state index is 13.3. The van der Waals surface area contributed by atoms with E-state index in [1.54, 1.807) is 17.8 Å². The van der Waals surface area contributed by atoms with Gasteiger partial charge in [-0.3, -0.25) is 4.79 Å². The largest absolute Gasteiger partial charge is 0.338 e. The number of rotatable bonds is 2. The zero-order valence-corrected chi connectivity index (χ0v) is 12.0. The van der Waals surface area contributed by atoms with Crippen LogP contribution in [0.15, 0.2) is 27.2 Å². The minimum absolute atomic E-state index is 0.0978. The summed E-state index contributed by atoms with van der Waals surface area (Å²) in [5.41, 5.74) is 0.514. The van der Waals surface area contributed by atoms with Crippen molar-refractivity contribution < 1.29 is 13.7 Å². The molecule has 3 rings (SSSR count). The molecule has 7 heteroatoms. The van der Waals surface area contributed by atoms with E-state index in [1.165, 1.54) is 12.1 Å². The van der Waals surface area contributed by atoms with Gasteiger partial charge in [-0.15, -0.1) is 0 Å². The van der Waals surface area contributed by atoms with Crippen molar-refractivity contribution in [1.82, 2.24) is 10.1 Å². The van der Waals surface area contributed by atoms with E-state index in [2.05, 4.69) is 26.1 Å². The molecular weight excluding hydrogens is 335 g/mol. The molecule has 1 atom stereocenters. The Morgan fingerprint density at radius 3 is 2.95 bits per heavy atom. The minimum Gasteiger partial charge on any atom is -0.338 e. The number of ketones is 1. The molecule has 4 nitrogen and oxygen atoms in total. The normalized spacial score (nSPS) is 19.1. The molecule has 0 bridgehead atoms. The van der Waals surface area contributed by atoms with Crippen molar-refractivity contribution in [3.05, 3.63) is 34.4 Å². The van der Waals surface area contributed by atoms with Gasteiger partial charge in [-0.2, -0.15) is 16.7 Å². The molecule has 1 fully saturated rings. The van der Waals surface area contributed by atoms with Gasteiger partial charge in [-0.05, 0) is 18.2 Å². The van der Waals surface area contributed by atoms with Gasteiger partial charge in [0.15, 0.2) is 5.78 Å². The number of hydrogen-bond donors (Lipinski definition) is 0. The topological polar surface area (TPSA) is 56.0 Å². The molecule has 0 saturated carbocycles. The van der Waals surface area contributed by atoms with Crippen molar-refractivity contribution in [2.45, 2.75) is 5.92 Å². The third kappa shape index (κ3) is 2.57. The van der Waals surface area contributed by atoms with Crippen molar-refractivity contribution in [3.8, 4) is 11.4 Å². The quantitative estimate of drug-likeness (QED) is 0.839. The molecule has 2 heterocycles. The number of aromatic nitrogens is 2. The highest BCUT2D eigenvalue weighted by molar-refractivity contribution is 9.10. The Bertz CT molecular complexity index is 626. The molecule has 0 radical (unpaired) electrons. The van der Waals surface area contributed by atoms with Crippen LogP contribution in [-0.2, 0) is 4.79 Å². The van der Waals surface area contributed by atoms with Gasteiger partial charge in [0.2, 0.25) is 11.7 Å². The van der Waals surface area contributed by atoms with Crippen LogP contribution in [0.3, 0.4) is 0 Å². The Balaban J connectivity index is 1.94. The van der Waals surface area contributed by atoms with E-state index in [4.69, 9.17) is 4.52 Å². The van der Waals surface area contributed by atoms with Crippen LogP contribution in [0.1, 0.15) is 11.8 Å². The number of Topliss-reactive ketones (excluding diaryl/α,β-unsaturated/α-hetero) is 1. The molecule has 1 aromatic heterocycles. The van der Waals surface area contributed by atoms with Crippen LogP contribution in [-0.4, -0.2) is 27.4 Å². The van der Waals surface area contributed by atoms with Crippen molar-refractivity contribution in [3.63, 3.8) is 0 Å². The Morgan fingerprint density at radius 1 is 1.42 bits per heavy atom. The minimum atomic E-state index is -0.386. The predicted octanol–water partition coefficient (Wildman–Crippen LogP) is 3.04. The molecule has 1 saturated heterocycles. The summed E-state index contributed by atoms with van der Waals surface area (Å²) in [6.07, 6.45) is 0. The third-order valence-corrected chi connectivity index (χ3v) is 4.29. The lowest BCUT2D eigenvalue weighted by Crippen LogP contribution is -2.09. The van der Waals surface area contributed by atoms with Gasteiger partial charge in [0.25, 0.3) is 0 Å². The zero-order chi connectivity index (χ0) is 13.4. The molecule has 19 heavy (non-hydrogen) atoms. The fraction of sp³-hybridized carbons (Fsp3) is 0.250. The number of carbonyl (C=O) groups is 1. The lowest BCUT2D eigenvalue weighted by Gasteiger charge is -1.98. The molecule has 0 N–H and O–H groups in total. The number of halogens is 2. The summed E-state index contributed by atoms with van der Waals surface area (Å²) in [6, 6.07) is 4.37. The van der Waals surface area contributed by atoms with Crippen molar-refractivity contribution in [2.75, 3.05) is 11.5 Å². The Hall–Kier alpha value is -1.21. The SMILES string of the molecule is O=C1CSCC1c1nc(-c2cc(F)cc(Br)c2)no1. The predicted molar refractivity (Wildman–Crippen MR) is 72.5 cm³/mol. The second kappa shape index (κ2) is 5.05. The summed E-state index contributed by atoms with van der Waals surface area (Å²) in [4.78, 5) is 15.8. The molecule has 1 aromatic carbocycles. The lowest BCUT2D eigenvalue weighted by molar-refractivity contribution is -0.117. The standard InChI is InChI=1S/C12H8BrFN2O2S/c13-7-1-6(2-8(14)3-7)11-15-12(18-16-11)9-4-19-5-10(9)17/h1-3,9H,4-5H2. The first-order chi connectivity index (χ1) is 9.13. The lowest BCUT2D eigenvalue weighted by atomic mass is 10.1. The van der Waals surface area contributed by atoms with Crippen LogP contribution in [0.4, 0.5) is 4.39 Å². The summed E-state index contributed by atoms with van der Waals surface area (Å²) >= 11 is 4.76. The van der Waals surface area contributed by atoms with Crippen LogP contribution in [0, 0.1) is 5.82 Å². The second-order valence-corrected chi connectivity index (χ2v) is 6.09. The average Bonchev–Trinajstić information content (AvgIpc) is 2.95. The first-order valence-electron chi connectivity index (χ1n) is 5.54. The van der Waals surface area contributed by atoms with E-state index in [0.717, 1.165) is 0 Å². The summed E-state index contributed by atoms with van der Waals surface area (Å²) in [7, 11) is 0. The Morgan fingerprint density at radius 2 is 2.26 bits per heavy atom. The summed E-state index contributed by atoms with van der Waals surface area (Å²) in [6.45, 7) is 0. The fourth-order valence-corrected chi connectivity index (χ4v) is 3.41. The first-order valence-corrected chi connectivity index (χ1v) is 7.49. The van der Waals surface area contributed by atoms with Crippen molar-refractivity contribution >= 4 is 33.5 Å². The number of nitrogens with zero attached hydrogens (tertiary/aromatic N) is 2. The molecule has 0 aliphatic carbocycles. The van der Waals surface area contributed by atoms with E-state index in [1.807, 2.05) is 0 Å². The monoisotopic (exact) mass is 342 g/mol. The van der Waals surface area contributed by atoms with Gasteiger partial charge in [0.05, 0.1) is 5.75 Å². The van der Waals surface area contributed by atoms with Crippen molar-refractivity contribution in [2.24, 2.45) is 0 Å². The molecule has 1 unspecified atom stereocenters. The van der Waals surface area contributed by atoms with Gasteiger partial charge >= 0.3 is 0 Å². The van der Waals surface area contributed by atoms with Gasteiger partial charge in [-0.25, -0.2) is 4.39 Å². The maximum Gasteiger partial charge on any atom is 0.238 e. The van der Waals surface area contributed by atoms with Gasteiger partial charge < -0.3 is 4.52 Å². The van der Waals surface area contributed by atoms with E-state index in [0.29, 0.717) is 33.3 Å². The summed E-state index contributed by atoms with van der Waals surface area (Å²) < 4.78 is 19.0. The Kier molecular flexibility index (Phi) is 3.40. The maximum absolute atomic E-state index is 13.3. The number of hydrogen-bond acceptors (Lipinski definition) is 5. The van der Waals surface area contributed by atoms with Crippen LogP contribution in [0.5, 0.6) is 0 Å². The molecule has 0 amide bonds. The van der Waals surface area contributed by atoms with Crippen molar-refractivity contribution in [1.29, 1.82) is 0 Å². The number of carbonyl (C=O) groups excluding carboxylic acids is 1. The molecule has 1 aliphatic heterocycles. The van der Waals surface area contributed by atoms with Gasteiger partial charge in [-0.1, -0.05) is 21.1 Å². The average molecular weight is 343 g/mol. The second-order valence-electron chi connectivity index (χ2n) is 4.15. The van der Waals surface area contributed by atoms with E-state index >= 15 is 0 Å². The fourth-order valence-electron chi connectivity index (χ4n) is 1.86.